The van der Waals surface area contributed by atoms with Crippen molar-refractivity contribution in [2.75, 3.05) is 29.0 Å². The maximum absolute atomic E-state index is 5.63. The van der Waals surface area contributed by atoms with Gasteiger partial charge in [-0.1, -0.05) is 233 Å². The molecule has 2 aromatic heterocycles. The molecule has 1 radical (unpaired) electrons. The fourth-order valence-electron chi connectivity index (χ4n) is 11.8. The van der Waals surface area contributed by atoms with Gasteiger partial charge in [0.25, 0.3) is 0 Å². The van der Waals surface area contributed by atoms with Gasteiger partial charge in [0, 0.05) is 47.0 Å². The topological polar surface area (TPSA) is 109 Å². The number of fused-ring (bicyclic) bond motifs is 2. The first-order valence-electron chi connectivity index (χ1n) is 29.3. The third kappa shape index (κ3) is 14.9. The number of aryl methyl sites for hydroxylation is 2. The van der Waals surface area contributed by atoms with Crippen molar-refractivity contribution < 1.29 is 26.2 Å². The molecule has 2 aliphatic heterocycles. The fraction of sp³-hybridized carbons (Fsp3) is 0.351. The Kier molecular flexibility index (Phi) is 24.5. The summed E-state index contributed by atoms with van der Waals surface area (Å²) >= 11 is 0. The number of aromatic nitrogens is 2. The number of hydrogen-bond acceptors (Lipinski definition) is 5. The smallest absolute Gasteiger partial charge is 0.693 e. The molecule has 0 saturated carbocycles. The fourth-order valence-corrected chi connectivity index (χ4v) is 11.8. The van der Waals surface area contributed by atoms with Crippen molar-refractivity contribution in [3.05, 3.63) is 251 Å². The summed E-state index contributed by atoms with van der Waals surface area (Å²) in [5, 5.41) is 17.0. The van der Waals surface area contributed by atoms with Gasteiger partial charge in [-0.05, 0) is 130 Å². The van der Waals surface area contributed by atoms with Gasteiger partial charge in [0.1, 0.15) is 0 Å². The number of para-hydroxylation sites is 4. The molecule has 0 spiro atoms. The van der Waals surface area contributed by atoms with Crippen LogP contribution in [0.2, 0.25) is 0 Å². The van der Waals surface area contributed by atoms with Crippen LogP contribution < -0.4 is 16.0 Å². The van der Waals surface area contributed by atoms with Crippen LogP contribution in [-0.4, -0.2) is 23.1 Å². The molecule has 10 rings (SSSR count). The van der Waals surface area contributed by atoms with E-state index in [0.717, 1.165) is 54.4 Å². The molecule has 0 fully saturated rings. The van der Waals surface area contributed by atoms with Crippen LogP contribution >= 0.6 is 0 Å². The molecular formula is C74H93N7Zr-. The van der Waals surface area contributed by atoms with Gasteiger partial charge in [-0.3, -0.25) is 9.97 Å². The summed E-state index contributed by atoms with van der Waals surface area (Å²) in [6, 6.07) is 57.0. The van der Waals surface area contributed by atoms with E-state index in [0.29, 0.717) is 35.5 Å². The second-order valence-electron chi connectivity index (χ2n) is 23.5. The molecule has 429 valence electrons. The van der Waals surface area contributed by atoms with E-state index < -0.39 is 0 Å². The zero-order valence-electron chi connectivity index (χ0n) is 51.8. The molecule has 5 N–H and O–H groups in total. The van der Waals surface area contributed by atoms with Gasteiger partial charge in [-0.25, -0.2) is 0 Å². The van der Waals surface area contributed by atoms with E-state index >= 15 is 0 Å². The molecule has 0 saturated heterocycles. The van der Waals surface area contributed by atoms with Crippen LogP contribution in [0.3, 0.4) is 0 Å². The van der Waals surface area contributed by atoms with Crippen molar-refractivity contribution in [1.29, 1.82) is 0 Å². The molecule has 0 bridgehead atoms. The second kappa shape index (κ2) is 30.3. The summed E-state index contributed by atoms with van der Waals surface area (Å²) in [6.07, 6.45) is 4.57. The minimum atomic E-state index is -0.201. The second-order valence-corrected chi connectivity index (χ2v) is 23.5. The number of rotatable bonds is 16. The van der Waals surface area contributed by atoms with E-state index in [1.165, 1.54) is 96.7 Å². The van der Waals surface area contributed by atoms with Crippen LogP contribution in [-0.2, 0) is 39.0 Å². The molecule has 0 aliphatic carbocycles. The van der Waals surface area contributed by atoms with E-state index in [1.807, 2.05) is 0 Å². The van der Waals surface area contributed by atoms with Gasteiger partial charge in [0.05, 0.1) is 23.1 Å². The maximum atomic E-state index is 5.63. The third-order valence-electron chi connectivity index (χ3n) is 15.9. The molecule has 2 atom stereocenters. The van der Waals surface area contributed by atoms with Crippen LogP contribution in [0.15, 0.2) is 158 Å². The van der Waals surface area contributed by atoms with E-state index in [4.69, 9.17) is 15.3 Å². The Morgan fingerprint density at radius 1 is 0.402 bits per heavy atom. The van der Waals surface area contributed by atoms with Crippen LogP contribution in [0.5, 0.6) is 0 Å². The van der Waals surface area contributed by atoms with Gasteiger partial charge in [0.15, 0.2) is 0 Å². The zero-order chi connectivity index (χ0) is 55.0. The normalized spacial score (nSPS) is 13.2. The Morgan fingerprint density at radius 2 is 0.768 bits per heavy atom. The van der Waals surface area contributed by atoms with Gasteiger partial charge >= 0.3 is 26.2 Å². The predicted molar refractivity (Wildman–Crippen MR) is 352 cm³/mol. The van der Waals surface area contributed by atoms with Gasteiger partial charge in [-0.2, -0.15) is 0 Å². The number of anilines is 3. The molecule has 6 aromatic carbocycles. The maximum Gasteiger partial charge on any atom is 3.00 e. The molecule has 8 aromatic rings. The van der Waals surface area contributed by atoms with E-state index in [9.17, 15) is 0 Å². The average molecular weight is 1170 g/mol. The number of nitrogens with two attached hydrogens (primary N) is 1. The van der Waals surface area contributed by atoms with Crippen molar-refractivity contribution in [2.45, 2.75) is 156 Å². The zero-order valence-corrected chi connectivity index (χ0v) is 54.2. The minimum absolute atomic E-state index is 0. The number of pyridine rings is 2. The van der Waals surface area contributed by atoms with Crippen molar-refractivity contribution in [3.63, 3.8) is 0 Å². The largest absolute Gasteiger partial charge is 3.00 e. The molecular weight excluding hydrogens is 1080 g/mol. The molecule has 8 heteroatoms. The first-order valence-corrected chi connectivity index (χ1v) is 29.3. The first-order chi connectivity index (χ1) is 37.7. The summed E-state index contributed by atoms with van der Waals surface area (Å²) < 4.78 is 0. The average Bonchev–Trinajstić information content (AvgIpc) is 3.66. The van der Waals surface area contributed by atoms with Crippen molar-refractivity contribution in [1.82, 2.24) is 9.97 Å². The molecule has 4 heterocycles. The SMILES string of the molecule is CC(C)c1ccccc1C(Nc1c(C(C)C)cccc1C(C)C)c1cccc(-c2cccc3c2NCCC3)n1.CC(C)c1ccccc1C([N-]c1c(C(C)C)cccc1C(C)C)c1cccc(-c2cccc3c2NCCC3)n1.[CH3-].[CH3-].[NH2-].[Zr+3]. The Labute approximate surface area is 514 Å². The summed E-state index contributed by atoms with van der Waals surface area (Å²) in [5.74, 6) is 2.37. The van der Waals surface area contributed by atoms with Gasteiger partial charge in [-0.15, -0.1) is 5.69 Å². The quantitative estimate of drug-likeness (QED) is 0.0835. The monoisotopic (exact) mass is 1170 g/mol. The number of nitrogens with one attached hydrogen (secondary N) is 3. The first kappa shape index (κ1) is 66.5. The Balaban J connectivity index is 0.000000287. The molecule has 2 unspecified atom stereocenters. The van der Waals surface area contributed by atoms with Crippen LogP contribution in [0, 0.1) is 14.9 Å². The standard InChI is InChI=1S/C36H43N3.C36H42N3.2CH3.H2N.Zr/c2*1-23(2)27-15-7-8-16-30(27)36(39-35-28(24(3)4)17-10-18-29(35)25(5)6)33-21-11-20-32(38-33)31-19-9-13-26-14-12-22-37-34(26)31;;;;/h7-11,13,15-21,23-25,36-37,39H,12,14,22H2,1-6H3;7-11,13,15-21,23-25,36-37H,12,14,22H2,1-6H3;2*1H3;1H2;/q;4*-1;+3. The van der Waals surface area contributed by atoms with Crippen molar-refractivity contribution >= 4 is 22.7 Å². The van der Waals surface area contributed by atoms with E-state index in [1.54, 1.807) is 0 Å². The minimum Gasteiger partial charge on any atom is -0.693 e. The van der Waals surface area contributed by atoms with Crippen LogP contribution in [0.4, 0.5) is 22.7 Å². The van der Waals surface area contributed by atoms with Gasteiger partial charge in [0.2, 0.25) is 0 Å². The van der Waals surface area contributed by atoms with E-state index in [2.05, 4.69) is 257 Å². The Bertz CT molecular complexity index is 3050. The Hall–Kier alpha value is -6.34. The molecule has 0 amide bonds. The Morgan fingerprint density at radius 3 is 1.23 bits per heavy atom. The molecule has 7 nitrogen and oxygen atoms in total. The van der Waals surface area contributed by atoms with Crippen molar-refractivity contribution in [3.8, 4) is 22.5 Å². The summed E-state index contributed by atoms with van der Waals surface area (Å²) in [7, 11) is 0. The third-order valence-corrected chi connectivity index (χ3v) is 15.9. The van der Waals surface area contributed by atoms with Crippen LogP contribution in [0.25, 0.3) is 34.0 Å². The molecule has 2 aliphatic rings. The number of nitrogens with zero attached hydrogens (tertiary/aromatic N) is 3. The van der Waals surface area contributed by atoms with Crippen LogP contribution in [0.1, 0.15) is 211 Å². The van der Waals surface area contributed by atoms with E-state index in [-0.39, 0.29) is 59.3 Å². The molecule has 82 heavy (non-hydrogen) atoms. The van der Waals surface area contributed by atoms with Gasteiger partial charge < -0.3 is 42.3 Å². The summed E-state index contributed by atoms with van der Waals surface area (Å²) in [6.45, 7) is 29.3. The predicted octanol–water partition coefficient (Wildman–Crippen LogP) is 21.6. The summed E-state index contributed by atoms with van der Waals surface area (Å²) in [5.41, 5.74) is 24.5. The summed E-state index contributed by atoms with van der Waals surface area (Å²) in [4.78, 5) is 10.7. The number of hydrogen-bond donors (Lipinski definition) is 3. The number of benzene rings is 6. The van der Waals surface area contributed by atoms with Crippen molar-refractivity contribution in [2.24, 2.45) is 0 Å².